The normalized spacial score (nSPS) is 22.7. The van der Waals surface area contributed by atoms with E-state index in [9.17, 15) is 22.8 Å². The van der Waals surface area contributed by atoms with Gasteiger partial charge in [0, 0.05) is 12.2 Å². The Hall–Kier alpha value is -1.56. The highest BCUT2D eigenvalue weighted by molar-refractivity contribution is 6.65. The minimum atomic E-state index is -4.48. The maximum absolute atomic E-state index is 12.7. The van der Waals surface area contributed by atoms with Gasteiger partial charge in [-0.1, -0.05) is 19.4 Å². The molecule has 0 aliphatic carbocycles. The molecule has 0 bridgehead atoms. The van der Waals surface area contributed by atoms with Gasteiger partial charge < -0.3 is 4.90 Å². The van der Waals surface area contributed by atoms with Crippen LogP contribution in [0.2, 0.25) is 0 Å². The van der Waals surface area contributed by atoms with Crippen molar-refractivity contribution in [1.29, 1.82) is 0 Å². The predicted octanol–water partition coefficient (Wildman–Crippen LogP) is 3.46. The molecule has 1 saturated heterocycles. The van der Waals surface area contributed by atoms with Crippen LogP contribution in [0.5, 0.6) is 0 Å². The summed E-state index contributed by atoms with van der Waals surface area (Å²) in [4.78, 5) is 24.8. The summed E-state index contributed by atoms with van der Waals surface area (Å²) in [5.74, 6) is -1.80. The minimum Gasteiger partial charge on any atom is -0.311 e. The summed E-state index contributed by atoms with van der Waals surface area (Å²) in [6.45, 7) is 2.00. The van der Waals surface area contributed by atoms with Crippen molar-refractivity contribution in [3.63, 3.8) is 0 Å². The molecule has 1 amide bonds. The fourth-order valence-corrected chi connectivity index (χ4v) is 2.80. The van der Waals surface area contributed by atoms with Gasteiger partial charge in [0.05, 0.1) is 5.56 Å². The van der Waals surface area contributed by atoms with Gasteiger partial charge in [-0.05, 0) is 35.7 Å². The van der Waals surface area contributed by atoms with Gasteiger partial charge in [0.25, 0.3) is 0 Å². The summed E-state index contributed by atoms with van der Waals surface area (Å²) < 4.78 is 38.2. The number of carbonyl (C=O) groups excluding carboxylic acids is 2. The molecule has 1 heterocycles. The summed E-state index contributed by atoms with van der Waals surface area (Å²) in [7, 11) is 0. The average molecular weight is 320 g/mol. The fourth-order valence-electron chi connectivity index (χ4n) is 2.53. The van der Waals surface area contributed by atoms with E-state index in [2.05, 4.69) is 0 Å². The van der Waals surface area contributed by atoms with Crippen molar-refractivity contribution in [2.45, 2.75) is 19.5 Å². The summed E-state index contributed by atoms with van der Waals surface area (Å²) in [5, 5.41) is -0.763. The molecule has 1 aromatic carbocycles. The van der Waals surface area contributed by atoms with E-state index in [1.807, 2.05) is 0 Å². The monoisotopic (exact) mass is 319 g/mol. The summed E-state index contributed by atoms with van der Waals surface area (Å²) in [5.41, 5.74) is -0.699. The van der Waals surface area contributed by atoms with E-state index in [1.165, 1.54) is 17.0 Å². The first-order chi connectivity index (χ1) is 9.75. The number of nitrogens with zero attached hydrogens (tertiary/aromatic N) is 1. The molecule has 1 aliphatic rings. The number of halogens is 4. The number of hydrogen-bond acceptors (Lipinski definition) is 2. The van der Waals surface area contributed by atoms with E-state index < -0.39 is 28.8 Å². The zero-order valence-corrected chi connectivity index (χ0v) is 11.9. The van der Waals surface area contributed by atoms with Crippen LogP contribution in [0.3, 0.4) is 0 Å². The van der Waals surface area contributed by atoms with Crippen LogP contribution in [-0.2, 0) is 15.8 Å². The van der Waals surface area contributed by atoms with Crippen LogP contribution in [-0.4, -0.2) is 17.7 Å². The topological polar surface area (TPSA) is 37.4 Å². The van der Waals surface area contributed by atoms with Crippen molar-refractivity contribution in [1.82, 2.24) is 0 Å². The molecule has 114 valence electrons. The molecule has 0 saturated carbocycles. The van der Waals surface area contributed by atoms with Gasteiger partial charge in [-0.2, -0.15) is 13.2 Å². The number of benzene rings is 1. The molecule has 2 unspecified atom stereocenters. The van der Waals surface area contributed by atoms with Crippen molar-refractivity contribution < 1.29 is 22.8 Å². The van der Waals surface area contributed by atoms with Crippen LogP contribution in [0.1, 0.15) is 18.9 Å². The van der Waals surface area contributed by atoms with Crippen molar-refractivity contribution in [2.75, 3.05) is 11.4 Å². The van der Waals surface area contributed by atoms with Gasteiger partial charge in [0.15, 0.2) is 0 Å². The van der Waals surface area contributed by atoms with Crippen LogP contribution in [0.15, 0.2) is 24.3 Å². The number of hydrogen-bond donors (Lipinski definition) is 0. The highest BCUT2D eigenvalue weighted by Gasteiger charge is 2.44. The molecule has 0 spiro atoms. The lowest BCUT2D eigenvalue weighted by atomic mass is 9.94. The molecular weight excluding hydrogens is 307 g/mol. The van der Waals surface area contributed by atoms with Crippen molar-refractivity contribution in [2.24, 2.45) is 11.8 Å². The van der Waals surface area contributed by atoms with Crippen molar-refractivity contribution >= 4 is 28.4 Å². The van der Waals surface area contributed by atoms with E-state index in [0.717, 1.165) is 12.1 Å². The van der Waals surface area contributed by atoms with E-state index >= 15 is 0 Å². The largest absolute Gasteiger partial charge is 0.416 e. The van der Waals surface area contributed by atoms with Crippen molar-refractivity contribution in [3.8, 4) is 0 Å². The second-order valence-electron chi connectivity index (χ2n) is 4.95. The third-order valence-electron chi connectivity index (χ3n) is 3.67. The van der Waals surface area contributed by atoms with Gasteiger partial charge in [-0.15, -0.1) is 0 Å². The van der Waals surface area contributed by atoms with Gasteiger partial charge in [-0.25, -0.2) is 0 Å². The Morgan fingerprint density at radius 2 is 2.10 bits per heavy atom. The van der Waals surface area contributed by atoms with Crippen LogP contribution in [0.4, 0.5) is 18.9 Å². The lowest BCUT2D eigenvalue weighted by Gasteiger charge is -2.18. The molecule has 0 radical (unpaired) electrons. The Morgan fingerprint density at radius 1 is 1.43 bits per heavy atom. The zero-order valence-electron chi connectivity index (χ0n) is 11.2. The smallest absolute Gasteiger partial charge is 0.311 e. The molecule has 1 aromatic rings. The molecule has 0 aromatic heterocycles. The molecule has 1 fully saturated rings. The number of alkyl halides is 3. The Bertz CT molecular complexity index is 574. The Morgan fingerprint density at radius 3 is 2.57 bits per heavy atom. The Labute approximate surface area is 124 Å². The summed E-state index contributed by atoms with van der Waals surface area (Å²) in [6, 6.07) is 4.50. The zero-order chi connectivity index (χ0) is 15.8. The van der Waals surface area contributed by atoms with Crippen LogP contribution >= 0.6 is 11.6 Å². The molecular formula is C14H13ClF3NO2. The van der Waals surface area contributed by atoms with E-state index in [-0.39, 0.29) is 18.2 Å². The molecule has 3 nitrogen and oxygen atoms in total. The van der Waals surface area contributed by atoms with Gasteiger partial charge in [0.2, 0.25) is 11.1 Å². The second-order valence-corrected chi connectivity index (χ2v) is 5.32. The molecule has 2 atom stereocenters. The first-order valence-corrected chi connectivity index (χ1v) is 6.81. The minimum absolute atomic E-state index is 0.133. The average Bonchev–Trinajstić information content (AvgIpc) is 2.75. The van der Waals surface area contributed by atoms with Crippen molar-refractivity contribution in [3.05, 3.63) is 29.8 Å². The number of anilines is 1. The molecule has 1 aliphatic heterocycles. The Balaban J connectivity index is 2.35. The molecule has 7 heteroatoms. The SMILES string of the molecule is CCC1CN(c2cccc(C(F)(F)F)c2)C(=O)C1C(=O)Cl. The van der Waals surface area contributed by atoms with Gasteiger partial charge in [0.1, 0.15) is 5.92 Å². The standard InChI is InChI=1S/C14H13ClF3NO2/c1-2-8-7-19(13(21)11(8)12(15)20)10-5-3-4-9(6-10)14(16,17)18/h3-6,8,11H,2,7H2,1H3. The highest BCUT2D eigenvalue weighted by Crippen LogP contribution is 2.36. The fraction of sp³-hybridized carbons (Fsp3) is 0.429. The lowest BCUT2D eigenvalue weighted by Crippen LogP contribution is -2.29. The van der Waals surface area contributed by atoms with Gasteiger partial charge in [-0.3, -0.25) is 9.59 Å². The summed E-state index contributed by atoms with van der Waals surface area (Å²) >= 11 is 5.44. The third kappa shape index (κ3) is 3.05. The van der Waals surface area contributed by atoms with Gasteiger partial charge >= 0.3 is 6.18 Å². The van der Waals surface area contributed by atoms with Crippen LogP contribution < -0.4 is 4.90 Å². The maximum atomic E-state index is 12.7. The lowest BCUT2D eigenvalue weighted by molar-refractivity contribution is -0.137. The van der Waals surface area contributed by atoms with E-state index in [0.29, 0.717) is 6.42 Å². The van der Waals surface area contributed by atoms with Crippen LogP contribution in [0, 0.1) is 11.8 Å². The molecule has 2 rings (SSSR count). The quantitative estimate of drug-likeness (QED) is 0.632. The highest BCUT2D eigenvalue weighted by atomic mass is 35.5. The predicted molar refractivity (Wildman–Crippen MR) is 71.9 cm³/mol. The molecule has 21 heavy (non-hydrogen) atoms. The first kappa shape index (κ1) is 15.8. The van der Waals surface area contributed by atoms with E-state index in [1.54, 1.807) is 6.92 Å². The number of carbonyl (C=O) groups is 2. The Kier molecular flexibility index (Phi) is 4.27. The molecule has 0 N–H and O–H groups in total. The van der Waals surface area contributed by atoms with Crippen LogP contribution in [0.25, 0.3) is 0 Å². The maximum Gasteiger partial charge on any atom is 0.416 e. The number of rotatable bonds is 3. The van der Waals surface area contributed by atoms with E-state index in [4.69, 9.17) is 11.6 Å². The number of amides is 1. The third-order valence-corrected chi connectivity index (χ3v) is 3.91. The first-order valence-electron chi connectivity index (χ1n) is 6.43. The summed E-state index contributed by atoms with van der Waals surface area (Å²) in [6.07, 6.45) is -3.94. The second kappa shape index (κ2) is 5.67.